The zero-order valence-corrected chi connectivity index (χ0v) is 8.66. The Morgan fingerprint density at radius 2 is 1.20 bits per heavy atom. The van der Waals surface area contributed by atoms with Crippen LogP contribution in [0.2, 0.25) is 8.97 Å². The number of rotatable bonds is 0. The van der Waals surface area contributed by atoms with Gasteiger partial charge in [-0.1, -0.05) is 0 Å². The molecule has 0 amide bonds. The molecule has 0 aromatic rings. The minimum atomic E-state index is -2.33. The molecule has 0 unspecified atom stereocenters. The Bertz CT molecular complexity index is 23.1. The molecule has 0 radical (unpaired) electrons. The third kappa shape index (κ3) is 29.9. The normalized spacial score (nSPS) is 12.0. The van der Waals surface area contributed by atoms with E-state index in [4.69, 9.17) is 16.6 Å². The number of hydrogen-bond donors (Lipinski definition) is 0. The van der Waals surface area contributed by atoms with E-state index >= 15 is 0 Å². The van der Waals surface area contributed by atoms with Crippen LogP contribution in [0.15, 0.2) is 0 Å². The van der Waals surface area contributed by atoms with Crippen LogP contribution in [0.3, 0.4) is 0 Å². The van der Waals surface area contributed by atoms with Crippen LogP contribution in [0.25, 0.3) is 0 Å². The average molecular weight is 308 g/mol. The van der Waals surface area contributed by atoms with E-state index in [1.807, 2.05) is 8.97 Å². The predicted octanol–water partition coefficient (Wildman–Crippen LogP) is 2.17. The molecule has 0 saturated heterocycles. The Kier molecular flexibility index (Phi) is 2.58. The predicted molar refractivity (Wildman–Crippen MR) is 29.2 cm³/mol. The van der Waals surface area contributed by atoms with Gasteiger partial charge in [-0.3, -0.25) is 0 Å². The second-order valence-corrected chi connectivity index (χ2v) is 29.9. The molecule has 0 saturated carbocycles. The first-order chi connectivity index (χ1) is 2.00. The van der Waals surface area contributed by atoms with E-state index in [0.29, 0.717) is 0 Å². The van der Waals surface area contributed by atoms with Gasteiger partial charge in [-0.2, -0.15) is 0 Å². The van der Waals surface area contributed by atoms with Gasteiger partial charge in [0.2, 0.25) is 0 Å². The van der Waals surface area contributed by atoms with E-state index in [9.17, 15) is 0 Å². The maximum absolute atomic E-state index is 5.52. The first kappa shape index (κ1) is 6.50. The van der Waals surface area contributed by atoms with Crippen LogP contribution in [0.4, 0.5) is 0 Å². The third-order valence-corrected chi connectivity index (χ3v) is 0. The average Bonchev–Trinajstić information content (AvgIpc) is 0.722. The van der Waals surface area contributed by atoms with Crippen molar-refractivity contribution in [1.29, 1.82) is 0 Å². The van der Waals surface area contributed by atoms with Crippen molar-refractivity contribution in [2.24, 2.45) is 0 Å². The summed E-state index contributed by atoms with van der Waals surface area (Å²) in [5, 5.41) is 0. The maximum atomic E-state index is 5.52. The minimum absolute atomic E-state index is 1.94. The SMILES string of the molecule is [CH3][Pb]([CH3])([Cl])[Cl]. The van der Waals surface area contributed by atoms with Crippen molar-refractivity contribution in [2.45, 2.75) is 8.97 Å². The van der Waals surface area contributed by atoms with Gasteiger partial charge in [-0.25, -0.2) is 0 Å². The second kappa shape index (κ2) is 1.98. The Labute approximate surface area is 44.1 Å². The van der Waals surface area contributed by atoms with Crippen LogP contribution >= 0.6 is 16.6 Å². The fourth-order valence-corrected chi connectivity index (χ4v) is 0. The molecule has 3 heteroatoms. The molecule has 0 rings (SSSR count). The molecule has 0 aliphatic carbocycles. The van der Waals surface area contributed by atoms with E-state index < -0.39 is 18.7 Å². The topological polar surface area (TPSA) is 0 Å². The van der Waals surface area contributed by atoms with Gasteiger partial charge in [0, 0.05) is 0 Å². The van der Waals surface area contributed by atoms with Gasteiger partial charge in [0.05, 0.1) is 0 Å². The van der Waals surface area contributed by atoms with Crippen molar-refractivity contribution in [1.82, 2.24) is 0 Å². The van der Waals surface area contributed by atoms with Gasteiger partial charge < -0.3 is 0 Å². The molecule has 0 spiro atoms. The van der Waals surface area contributed by atoms with Crippen molar-refractivity contribution in [3.63, 3.8) is 0 Å². The van der Waals surface area contributed by atoms with Crippen LogP contribution in [-0.4, -0.2) is 18.7 Å². The second-order valence-electron chi connectivity index (χ2n) is 1.33. The molecule has 32 valence electrons. The van der Waals surface area contributed by atoms with Gasteiger partial charge in [0.25, 0.3) is 0 Å². The zero-order chi connectivity index (χ0) is 4.50. The van der Waals surface area contributed by atoms with Crippen LogP contribution in [0, 0.1) is 0 Å². The molecule has 0 N–H and O–H groups in total. The van der Waals surface area contributed by atoms with Crippen LogP contribution in [0.5, 0.6) is 0 Å². The summed E-state index contributed by atoms with van der Waals surface area (Å²) in [6, 6.07) is 0. The molecule has 0 aliphatic rings. The molecule has 0 aromatic carbocycles. The molecule has 0 fully saturated rings. The molecule has 0 aliphatic heterocycles. The number of hydrogen-bond acceptors (Lipinski definition) is 0. The van der Waals surface area contributed by atoms with Crippen molar-refractivity contribution < 1.29 is 0 Å². The van der Waals surface area contributed by atoms with Crippen molar-refractivity contribution in [2.75, 3.05) is 0 Å². The summed E-state index contributed by atoms with van der Waals surface area (Å²) in [4.78, 5) is 0. The summed E-state index contributed by atoms with van der Waals surface area (Å²) < 4.78 is 3.88. The van der Waals surface area contributed by atoms with Crippen LogP contribution in [0.1, 0.15) is 0 Å². The Morgan fingerprint density at radius 1 is 1.20 bits per heavy atom. The van der Waals surface area contributed by atoms with E-state index in [0.717, 1.165) is 0 Å². The van der Waals surface area contributed by atoms with Gasteiger partial charge in [0.1, 0.15) is 0 Å². The van der Waals surface area contributed by atoms with Gasteiger partial charge in [-0.15, -0.1) is 0 Å². The van der Waals surface area contributed by atoms with E-state index in [-0.39, 0.29) is 0 Å². The fraction of sp³-hybridized carbons (Fsp3) is 1.00. The van der Waals surface area contributed by atoms with Crippen molar-refractivity contribution in [3.05, 3.63) is 0 Å². The molecular weight excluding hydrogens is 302 g/mol. The monoisotopic (exact) mass is 308 g/mol. The van der Waals surface area contributed by atoms with E-state index in [2.05, 4.69) is 0 Å². The summed E-state index contributed by atoms with van der Waals surface area (Å²) in [6.45, 7) is 0. The Hall–Kier alpha value is 1.50. The van der Waals surface area contributed by atoms with Crippen molar-refractivity contribution in [3.8, 4) is 0 Å². The molecule has 5 heavy (non-hydrogen) atoms. The zero-order valence-electron chi connectivity index (χ0n) is 3.26. The van der Waals surface area contributed by atoms with E-state index in [1.54, 1.807) is 0 Å². The quantitative estimate of drug-likeness (QED) is 0.602. The number of halogens is 2. The molecule has 0 nitrogen and oxygen atoms in total. The Morgan fingerprint density at radius 3 is 1.20 bits per heavy atom. The summed E-state index contributed by atoms with van der Waals surface area (Å²) in [5.41, 5.74) is 0. The summed E-state index contributed by atoms with van der Waals surface area (Å²) in [5.74, 6) is 0. The Balaban J connectivity index is 3.02. The van der Waals surface area contributed by atoms with Gasteiger partial charge >= 0.3 is 44.3 Å². The third-order valence-electron chi connectivity index (χ3n) is 0. The molecule has 0 atom stereocenters. The fourth-order valence-electron chi connectivity index (χ4n) is 0. The van der Waals surface area contributed by atoms with Gasteiger partial charge in [-0.05, 0) is 0 Å². The van der Waals surface area contributed by atoms with Crippen LogP contribution in [-0.2, 0) is 0 Å². The molecular formula is C2H6Cl2Pb. The summed E-state index contributed by atoms with van der Waals surface area (Å²) >= 11 is -2.33. The first-order valence-corrected chi connectivity index (χ1v) is 18.7. The molecule has 0 heterocycles. The summed E-state index contributed by atoms with van der Waals surface area (Å²) in [7, 11) is 11.0. The molecule has 0 aromatic heterocycles. The molecule has 0 bridgehead atoms. The summed E-state index contributed by atoms with van der Waals surface area (Å²) in [6.07, 6.45) is 0. The van der Waals surface area contributed by atoms with E-state index in [1.165, 1.54) is 0 Å². The van der Waals surface area contributed by atoms with Gasteiger partial charge in [0.15, 0.2) is 0 Å². The van der Waals surface area contributed by atoms with Crippen LogP contribution < -0.4 is 0 Å². The first-order valence-electron chi connectivity index (χ1n) is 1.38. The standard InChI is InChI=1S/2CH3.2ClH.Pb/h2*1H3;2*1H;/q;;;;+2/p-2. The van der Waals surface area contributed by atoms with Crippen molar-refractivity contribution >= 4 is 35.4 Å².